The highest BCUT2D eigenvalue weighted by Crippen LogP contribution is 2.20. The fourth-order valence-corrected chi connectivity index (χ4v) is 3.45. The molecule has 0 aromatic heterocycles. The number of rotatable bonds is 3. The average molecular weight is 466 g/mol. The van der Waals surface area contributed by atoms with E-state index >= 15 is 0 Å². The fourth-order valence-electron chi connectivity index (χ4n) is 3.45. The van der Waals surface area contributed by atoms with Crippen LogP contribution in [0.5, 0.6) is 0 Å². The van der Waals surface area contributed by atoms with E-state index in [1.165, 1.54) is 25.7 Å². The summed E-state index contributed by atoms with van der Waals surface area (Å²) in [5.74, 6) is 0.844. The van der Waals surface area contributed by atoms with E-state index in [9.17, 15) is 4.79 Å². The first-order valence-corrected chi connectivity index (χ1v) is 9.36. The molecule has 146 valence electrons. The summed E-state index contributed by atoms with van der Waals surface area (Å²) in [4.78, 5) is 18.7. The van der Waals surface area contributed by atoms with E-state index in [-0.39, 0.29) is 36.1 Å². The molecule has 1 atom stereocenters. The van der Waals surface area contributed by atoms with Crippen molar-refractivity contribution in [3.63, 3.8) is 0 Å². The molecule has 1 amide bonds. The van der Waals surface area contributed by atoms with Gasteiger partial charge in [-0.2, -0.15) is 0 Å². The van der Waals surface area contributed by atoms with Crippen LogP contribution in [0.1, 0.15) is 65.7 Å². The van der Waals surface area contributed by atoms with Crippen LogP contribution in [0.25, 0.3) is 0 Å². The highest BCUT2D eigenvalue weighted by Gasteiger charge is 2.30. The number of halogens is 1. The molecule has 7 heteroatoms. The summed E-state index contributed by atoms with van der Waals surface area (Å²) < 4.78 is 5.56. The Bertz CT molecular complexity index is 445. The van der Waals surface area contributed by atoms with E-state index in [1.54, 1.807) is 7.05 Å². The molecule has 1 unspecified atom stereocenters. The maximum Gasteiger partial charge on any atom is 0.410 e. The van der Waals surface area contributed by atoms with Crippen molar-refractivity contribution in [3.05, 3.63) is 0 Å². The number of likely N-dealkylation sites (tertiary alicyclic amines) is 1. The van der Waals surface area contributed by atoms with Gasteiger partial charge in [0.05, 0.1) is 6.04 Å². The summed E-state index contributed by atoms with van der Waals surface area (Å²) in [6.07, 6.45) is 8.03. The van der Waals surface area contributed by atoms with Crippen LogP contribution in [-0.2, 0) is 4.74 Å². The Balaban J connectivity index is 0.00000312. The van der Waals surface area contributed by atoms with Crippen LogP contribution in [0.4, 0.5) is 4.79 Å². The van der Waals surface area contributed by atoms with Crippen molar-refractivity contribution in [1.29, 1.82) is 0 Å². The normalized spacial score (nSPS) is 22.3. The lowest BCUT2D eigenvalue weighted by Gasteiger charge is -2.37. The van der Waals surface area contributed by atoms with Crippen LogP contribution in [0, 0.1) is 0 Å². The smallest absolute Gasteiger partial charge is 0.410 e. The van der Waals surface area contributed by atoms with Gasteiger partial charge in [0.2, 0.25) is 0 Å². The van der Waals surface area contributed by atoms with Gasteiger partial charge in [-0.15, -0.1) is 24.0 Å². The molecule has 0 aromatic carbocycles. The molecule has 0 spiro atoms. The molecule has 2 aliphatic rings. The molecule has 0 radical (unpaired) electrons. The molecule has 0 aromatic rings. The summed E-state index contributed by atoms with van der Waals surface area (Å²) in [5.41, 5.74) is -0.452. The van der Waals surface area contributed by atoms with Gasteiger partial charge in [-0.1, -0.05) is 12.8 Å². The van der Waals surface area contributed by atoms with E-state index in [1.807, 2.05) is 25.7 Å². The van der Waals surface area contributed by atoms with Gasteiger partial charge < -0.3 is 20.3 Å². The highest BCUT2D eigenvalue weighted by atomic mass is 127. The van der Waals surface area contributed by atoms with Gasteiger partial charge >= 0.3 is 6.09 Å². The number of hydrogen-bond donors (Lipinski definition) is 2. The number of piperidine rings is 1. The van der Waals surface area contributed by atoms with Crippen LogP contribution < -0.4 is 10.6 Å². The Morgan fingerprint density at radius 3 is 2.40 bits per heavy atom. The number of guanidine groups is 1. The summed E-state index contributed by atoms with van der Waals surface area (Å²) in [7, 11) is 1.80. The van der Waals surface area contributed by atoms with Crippen LogP contribution in [-0.4, -0.2) is 54.8 Å². The number of carbonyl (C=O) groups excluding carboxylic acids is 1. The molecule has 2 rings (SSSR count). The van der Waals surface area contributed by atoms with Crippen molar-refractivity contribution in [3.8, 4) is 0 Å². The van der Waals surface area contributed by atoms with Crippen LogP contribution in [0.2, 0.25) is 0 Å². The van der Waals surface area contributed by atoms with E-state index < -0.39 is 5.60 Å². The second kappa shape index (κ2) is 10.4. The Hall–Kier alpha value is -0.730. The molecular formula is C18H35IN4O2. The Morgan fingerprint density at radius 1 is 1.16 bits per heavy atom. The fraction of sp³-hybridized carbons (Fsp3) is 0.889. The lowest BCUT2D eigenvalue weighted by atomic mass is 10.0. The lowest BCUT2D eigenvalue weighted by molar-refractivity contribution is 0.0104. The zero-order valence-electron chi connectivity index (χ0n) is 16.1. The monoisotopic (exact) mass is 466 g/mol. The number of nitrogens with one attached hydrogen (secondary N) is 2. The summed E-state index contributed by atoms with van der Waals surface area (Å²) in [6, 6.07) is 0.695. The van der Waals surface area contributed by atoms with Crippen molar-refractivity contribution < 1.29 is 9.53 Å². The van der Waals surface area contributed by atoms with Gasteiger partial charge in [0, 0.05) is 26.2 Å². The van der Waals surface area contributed by atoms with Gasteiger partial charge in [-0.3, -0.25) is 4.99 Å². The highest BCUT2D eigenvalue weighted by molar-refractivity contribution is 14.0. The third-order valence-corrected chi connectivity index (χ3v) is 4.68. The Labute approximate surface area is 169 Å². The first-order chi connectivity index (χ1) is 11.4. The van der Waals surface area contributed by atoms with Crippen molar-refractivity contribution >= 4 is 36.0 Å². The van der Waals surface area contributed by atoms with Gasteiger partial charge in [0.1, 0.15) is 5.60 Å². The Kier molecular flexibility index (Phi) is 9.30. The standard InChI is InChI=1S/C18H34N4O2.HI/c1-18(2,3)24-17(23)22-12-8-7-11-15(22)13-20-16(19-4)21-14-9-5-6-10-14;/h14-15H,5-13H2,1-4H3,(H2,19,20,21);1H. The molecule has 6 nitrogen and oxygen atoms in total. The van der Waals surface area contributed by atoms with Crippen molar-refractivity contribution in [2.45, 2.75) is 83.4 Å². The van der Waals surface area contributed by atoms with Crippen molar-refractivity contribution in [2.75, 3.05) is 20.1 Å². The third kappa shape index (κ3) is 7.58. The second-order valence-corrected chi connectivity index (χ2v) is 7.90. The van der Waals surface area contributed by atoms with Crippen molar-refractivity contribution in [2.24, 2.45) is 4.99 Å². The third-order valence-electron chi connectivity index (χ3n) is 4.68. The molecule has 25 heavy (non-hydrogen) atoms. The number of carbonyl (C=O) groups is 1. The molecule has 1 aliphatic heterocycles. The predicted octanol–water partition coefficient (Wildman–Crippen LogP) is 3.50. The maximum atomic E-state index is 12.4. The van der Waals surface area contributed by atoms with Gasteiger partial charge in [0.15, 0.2) is 5.96 Å². The SMILES string of the molecule is CN=C(NCC1CCCCN1C(=O)OC(C)(C)C)NC1CCCC1.I. The number of nitrogens with zero attached hydrogens (tertiary/aromatic N) is 2. The number of hydrogen-bond acceptors (Lipinski definition) is 3. The number of ether oxygens (including phenoxy) is 1. The molecule has 1 saturated heterocycles. The summed E-state index contributed by atoms with van der Waals surface area (Å²) >= 11 is 0. The van der Waals surface area contributed by atoms with E-state index in [4.69, 9.17) is 4.74 Å². The molecule has 2 fully saturated rings. The number of amides is 1. The minimum Gasteiger partial charge on any atom is -0.444 e. The van der Waals surface area contributed by atoms with E-state index in [0.29, 0.717) is 12.6 Å². The first kappa shape index (κ1) is 22.3. The zero-order chi connectivity index (χ0) is 17.6. The number of aliphatic imine (C=N–C) groups is 1. The van der Waals surface area contributed by atoms with E-state index in [0.717, 1.165) is 31.8 Å². The summed E-state index contributed by atoms with van der Waals surface area (Å²) in [5, 5.41) is 6.89. The lowest BCUT2D eigenvalue weighted by Crippen LogP contribution is -2.53. The molecule has 0 bridgehead atoms. The van der Waals surface area contributed by atoms with Crippen molar-refractivity contribution in [1.82, 2.24) is 15.5 Å². The molecular weight excluding hydrogens is 431 g/mol. The van der Waals surface area contributed by atoms with Gasteiger partial charge in [-0.25, -0.2) is 4.79 Å². The predicted molar refractivity (Wildman–Crippen MR) is 113 cm³/mol. The average Bonchev–Trinajstić information content (AvgIpc) is 3.03. The molecule has 1 heterocycles. The largest absolute Gasteiger partial charge is 0.444 e. The van der Waals surface area contributed by atoms with Crippen LogP contribution in [0.15, 0.2) is 4.99 Å². The van der Waals surface area contributed by atoms with Crippen LogP contribution in [0.3, 0.4) is 0 Å². The minimum atomic E-state index is -0.452. The minimum absolute atomic E-state index is 0. The topological polar surface area (TPSA) is 66.0 Å². The molecule has 1 saturated carbocycles. The Morgan fingerprint density at radius 2 is 1.80 bits per heavy atom. The first-order valence-electron chi connectivity index (χ1n) is 9.36. The summed E-state index contributed by atoms with van der Waals surface area (Å²) in [6.45, 7) is 7.22. The maximum absolute atomic E-state index is 12.4. The zero-order valence-corrected chi connectivity index (χ0v) is 18.5. The molecule has 2 N–H and O–H groups in total. The molecule has 1 aliphatic carbocycles. The van der Waals surface area contributed by atoms with Gasteiger partial charge in [0.25, 0.3) is 0 Å². The second-order valence-electron chi connectivity index (χ2n) is 7.90. The van der Waals surface area contributed by atoms with Gasteiger partial charge in [-0.05, 0) is 52.9 Å². The quantitative estimate of drug-likeness (QED) is 0.380. The van der Waals surface area contributed by atoms with Crippen LogP contribution >= 0.6 is 24.0 Å². The van der Waals surface area contributed by atoms with E-state index in [2.05, 4.69) is 15.6 Å².